The molecule has 4 aliphatic heterocycles. The Hall–Kier alpha value is -11.4. The van der Waals surface area contributed by atoms with Crippen molar-refractivity contribution in [2.45, 2.75) is 278 Å². The van der Waals surface area contributed by atoms with Crippen LogP contribution in [0, 0.1) is 52.9 Å². The molecule has 0 radical (unpaired) electrons. The number of amides is 4. The fourth-order valence-corrected chi connectivity index (χ4v) is 21.8. The van der Waals surface area contributed by atoms with E-state index >= 15 is 0 Å². The molecule has 137 heavy (non-hydrogen) atoms. The van der Waals surface area contributed by atoms with Crippen molar-refractivity contribution in [2.75, 3.05) is 26.2 Å². The lowest BCUT2D eigenvalue weighted by Gasteiger charge is -2.33. The van der Waals surface area contributed by atoms with Crippen molar-refractivity contribution in [1.82, 2.24) is 60.2 Å². The van der Waals surface area contributed by atoms with Gasteiger partial charge in [0.2, 0.25) is 23.6 Å². The largest absolute Gasteiger partial charge is 0.391 e. The number of aromatic nitrogens is 8. The van der Waals surface area contributed by atoms with E-state index in [0.717, 1.165) is 75.4 Å². The molecule has 4 amide bonds. The first-order valence-corrected chi connectivity index (χ1v) is 50.6. The highest BCUT2D eigenvalue weighted by atomic mass is 32.1. The third-order valence-corrected chi connectivity index (χ3v) is 30.1. The van der Waals surface area contributed by atoms with E-state index in [2.05, 4.69) is 89.1 Å². The number of nitrogens with zero attached hydrogens (tertiary/aromatic N) is 12. The summed E-state index contributed by atoms with van der Waals surface area (Å²) in [5.74, 6) is -1.11. The predicted octanol–water partition coefficient (Wildman–Crippen LogP) is 18.8. The molecule has 12 heterocycles. The molecule has 0 saturated carbocycles. The smallest absolute Gasteiger partial charge is 0.234 e. The quantitative estimate of drug-likeness (QED) is 0.0313. The van der Waals surface area contributed by atoms with Gasteiger partial charge in [0.05, 0.1) is 136 Å². The zero-order chi connectivity index (χ0) is 98.5. The normalized spacial score (nSPS) is 20.0. The van der Waals surface area contributed by atoms with Gasteiger partial charge in [-0.2, -0.15) is 0 Å². The molecular formula is C105H126N12O16S4. The van der Waals surface area contributed by atoms with E-state index in [4.69, 9.17) is 18.1 Å². The number of likely N-dealkylation sites (tertiary alicyclic amines) is 4. The van der Waals surface area contributed by atoms with Gasteiger partial charge in [0.15, 0.2) is 23.1 Å². The van der Waals surface area contributed by atoms with Gasteiger partial charge in [0.1, 0.15) is 34.9 Å². The van der Waals surface area contributed by atoms with E-state index in [9.17, 15) is 58.8 Å². The van der Waals surface area contributed by atoms with Gasteiger partial charge in [0.25, 0.3) is 0 Å². The van der Waals surface area contributed by atoms with Crippen LogP contribution in [0.4, 0.5) is 0 Å². The molecule has 0 spiro atoms. The summed E-state index contributed by atoms with van der Waals surface area (Å²) in [5.41, 5.74) is 20.4. The van der Waals surface area contributed by atoms with Crippen LogP contribution in [-0.2, 0) is 38.4 Å². The van der Waals surface area contributed by atoms with Crippen LogP contribution in [0.25, 0.3) is 41.8 Å². The number of benzene rings is 4. The lowest BCUT2D eigenvalue weighted by atomic mass is 9.78. The van der Waals surface area contributed by atoms with Crippen molar-refractivity contribution < 1.29 is 76.9 Å². The molecule has 726 valence electrons. The van der Waals surface area contributed by atoms with Crippen LogP contribution in [0.1, 0.15) is 267 Å². The van der Waals surface area contributed by atoms with Gasteiger partial charge in [-0.1, -0.05) is 194 Å². The Morgan fingerprint density at radius 3 is 0.920 bits per heavy atom. The Balaban J connectivity index is 0.000000154. The van der Waals surface area contributed by atoms with Gasteiger partial charge in [0, 0.05) is 114 Å². The minimum Gasteiger partial charge on any atom is -0.391 e. The van der Waals surface area contributed by atoms with Crippen LogP contribution in [0.15, 0.2) is 174 Å². The van der Waals surface area contributed by atoms with Crippen molar-refractivity contribution >= 4 is 92.1 Å². The fourth-order valence-electron chi connectivity index (χ4n) is 19.0. The van der Waals surface area contributed by atoms with Crippen LogP contribution < -0.4 is 0 Å². The molecule has 12 aromatic rings. The average molecular weight is 1940 g/mol. The number of aryl methyl sites for hydroxylation is 6. The zero-order valence-corrected chi connectivity index (χ0v) is 84.2. The molecule has 4 fully saturated rings. The van der Waals surface area contributed by atoms with E-state index in [1.54, 1.807) is 107 Å². The second-order valence-electron chi connectivity index (χ2n) is 38.5. The van der Waals surface area contributed by atoms with Crippen molar-refractivity contribution in [2.24, 2.45) is 11.3 Å². The molecule has 16 atom stereocenters. The predicted molar refractivity (Wildman–Crippen MR) is 527 cm³/mol. The average Bonchev–Trinajstić information content (AvgIpc) is 1.69. The monoisotopic (exact) mass is 1940 g/mol. The van der Waals surface area contributed by atoms with Gasteiger partial charge in [-0.3, -0.25) is 48.3 Å². The molecule has 0 aliphatic carbocycles. The summed E-state index contributed by atoms with van der Waals surface area (Å²) in [5, 5.41) is 57.1. The van der Waals surface area contributed by atoms with Crippen LogP contribution in [0.2, 0.25) is 0 Å². The number of hydrogen-bond donors (Lipinski definition) is 4. The number of rotatable bonds is 31. The van der Waals surface area contributed by atoms with E-state index in [1.807, 2.05) is 183 Å². The maximum atomic E-state index is 13.7. The van der Waals surface area contributed by atoms with E-state index in [-0.39, 0.29) is 128 Å². The van der Waals surface area contributed by atoms with E-state index < -0.39 is 77.7 Å². The third kappa shape index (κ3) is 25.2. The van der Waals surface area contributed by atoms with Crippen molar-refractivity contribution in [3.05, 3.63) is 235 Å². The second-order valence-corrected chi connectivity index (χ2v) is 42.0. The standard InChI is InChI=1S/2C27H33N3O4S.C26H31N3O4S.C25H29N3O4S/c1-16(18-6-8-19(9-7-18)24-13-28-15-35-24)10-22(32)21-12-20(31)14-30(21)26(33)25(27(3,4)5)23-11-17(2)29-34-23;1-15(2)25(24-11-17(4)29-34-24)27(33)30-13-21(31)12-22(30)23(32)10-16(3)19-6-8-20(9-7-19)26-18(5)28-14-35-26;1-5-21(24-11-16(3)28-33-24)26(32)29-13-20(30)12-22(29)23(31)10-15(2)18-6-8-19(9-7-18)25-17(4)27-14-34-25;1-4-20(23-10-16(3)27-32-23)25(31)28-13-19(29)11-21(28)22(30)9-15(2)17-5-7-18(8-6-17)24-12-26-14-33-24/h6-9,11,13,15-16,20-21,25,31H,10,12,14H2,1-5H3;6-9,11,14-16,21-22,25,31H,10,12-13H2,1-5H3;6-9,11,14-15,20-22,30H,5,10,12-13H2,1-4H3;5-8,10,12,14-15,19-21,29H,4,9,11,13H2,1-3H3/t16-,20-,21+,25-;16-,21-,22+,25-;15-,20-,21-,22+;15-,19-,20-,21+/m1111/s1. The second kappa shape index (κ2) is 45.9. The molecular weight excluding hydrogens is 1810 g/mol. The number of Topliss-reactive ketones (excluding diaryl/α,β-unsaturated/α-hetero) is 4. The Kier molecular flexibility index (Phi) is 34.6. The number of ketones is 4. The van der Waals surface area contributed by atoms with E-state index in [0.29, 0.717) is 84.3 Å². The highest BCUT2D eigenvalue weighted by molar-refractivity contribution is 7.14. The summed E-state index contributed by atoms with van der Waals surface area (Å²) >= 11 is 6.40. The number of aliphatic hydroxyl groups excluding tert-OH is 4. The summed E-state index contributed by atoms with van der Waals surface area (Å²) in [7, 11) is 0. The molecule has 32 heteroatoms. The molecule has 4 N–H and O–H groups in total. The molecule has 4 aromatic carbocycles. The number of carbonyl (C=O) groups is 8. The van der Waals surface area contributed by atoms with Crippen molar-refractivity contribution in [3.63, 3.8) is 0 Å². The maximum absolute atomic E-state index is 13.7. The van der Waals surface area contributed by atoms with Crippen LogP contribution >= 0.6 is 45.3 Å². The van der Waals surface area contributed by atoms with Gasteiger partial charge in [-0.25, -0.2) is 9.97 Å². The Morgan fingerprint density at radius 1 is 0.380 bits per heavy atom. The number of hydrogen-bond acceptors (Lipinski definition) is 28. The Morgan fingerprint density at radius 2 is 0.664 bits per heavy atom. The highest BCUT2D eigenvalue weighted by Crippen LogP contribution is 2.43. The summed E-state index contributed by atoms with van der Waals surface area (Å²) in [6.07, 6.45) is 4.17. The lowest BCUT2D eigenvalue weighted by molar-refractivity contribution is -0.141. The summed E-state index contributed by atoms with van der Waals surface area (Å²) < 4.78 is 21.5. The summed E-state index contributed by atoms with van der Waals surface area (Å²) in [4.78, 5) is 135. The fraction of sp³-hybridized carbons (Fsp3) is 0.467. The van der Waals surface area contributed by atoms with Crippen molar-refractivity contribution in [1.29, 1.82) is 0 Å². The van der Waals surface area contributed by atoms with Crippen molar-refractivity contribution in [3.8, 4) is 41.8 Å². The molecule has 4 aliphatic rings. The van der Waals surface area contributed by atoms with Crippen LogP contribution in [0.5, 0.6) is 0 Å². The first-order chi connectivity index (χ1) is 65.3. The molecule has 8 aromatic heterocycles. The molecule has 0 bridgehead atoms. The maximum Gasteiger partial charge on any atom is 0.234 e. The number of β-amino-alcohol motifs (C(OH)–C–C–N with tert-alkyl or cyclic N) is 4. The Labute approximate surface area is 816 Å². The zero-order valence-electron chi connectivity index (χ0n) is 80.9. The van der Waals surface area contributed by atoms with Gasteiger partial charge < -0.3 is 58.1 Å². The minimum absolute atomic E-state index is 0.00148. The lowest BCUT2D eigenvalue weighted by Crippen LogP contribution is -2.46. The molecule has 16 rings (SSSR count). The summed E-state index contributed by atoms with van der Waals surface area (Å²) in [6.45, 7) is 33.6. The van der Waals surface area contributed by atoms with Gasteiger partial charge >= 0.3 is 0 Å². The highest BCUT2D eigenvalue weighted by Gasteiger charge is 2.49. The van der Waals surface area contributed by atoms with Gasteiger partial charge in [-0.05, 0) is 134 Å². The topological polar surface area (TPSA) is 386 Å². The molecule has 4 saturated heterocycles. The molecule has 0 unspecified atom stereocenters. The first-order valence-electron chi connectivity index (χ1n) is 47.1. The van der Waals surface area contributed by atoms with E-state index in [1.165, 1.54) is 0 Å². The summed E-state index contributed by atoms with van der Waals surface area (Å²) in [6, 6.07) is 37.4. The minimum atomic E-state index is -0.723. The number of carbonyl (C=O) groups excluding carboxylic acids is 8. The third-order valence-electron chi connectivity index (χ3n) is 26.5. The van der Waals surface area contributed by atoms with Gasteiger partial charge in [-0.15, -0.1) is 45.3 Å². The van der Waals surface area contributed by atoms with Crippen LogP contribution in [0.3, 0.4) is 0 Å². The number of aliphatic hydroxyl groups is 4. The SMILES string of the molecule is CC[C@@H](C(=O)N1C[C@H](O)C[C@H]1C(=O)C[C@@H](C)c1ccc(-c2cncs2)cc1)c1cc(C)no1.CC[C@@H](C(=O)N1C[C@H](O)C[C@H]1C(=O)C[C@@H](C)c1ccc(-c2scnc2C)cc1)c1cc(C)no1.Cc1cc([C@H](C(=O)N2C[C@H](O)C[C@H]2C(=O)C[C@@H](C)c2ccc(-c3cncs3)cc2)C(C)(C)C)on1.Cc1cc([C@H](C(=O)N2C[C@H](O)C[C@H]2C(=O)C[C@@H](C)c2ccc(-c3scnc3C)cc2)C(C)C)on1. The number of thiazole rings is 4. The molecule has 28 nitrogen and oxygen atoms in total. The Bertz CT molecular complexity index is 6050. The first kappa shape index (κ1) is 103. The van der Waals surface area contributed by atoms with Crippen LogP contribution in [-0.4, -0.2) is 202 Å².